The molecule has 1 N–H and O–H groups in total. The van der Waals surface area contributed by atoms with Crippen LogP contribution >= 0.6 is 35.0 Å². The Morgan fingerprint density at radius 1 is 1.33 bits per heavy atom. The van der Waals surface area contributed by atoms with E-state index in [4.69, 9.17) is 23.2 Å². The summed E-state index contributed by atoms with van der Waals surface area (Å²) in [6.45, 7) is 1.07. The lowest BCUT2D eigenvalue weighted by Crippen LogP contribution is -2.22. The van der Waals surface area contributed by atoms with Gasteiger partial charge in [0.15, 0.2) is 0 Å². The van der Waals surface area contributed by atoms with Crippen LogP contribution in [0.1, 0.15) is 18.0 Å². The zero-order valence-electron chi connectivity index (χ0n) is 8.30. The molecule has 1 aromatic rings. The van der Waals surface area contributed by atoms with E-state index in [-0.39, 0.29) is 0 Å². The topological polar surface area (TPSA) is 12.0 Å². The molecule has 0 bridgehead atoms. The quantitative estimate of drug-likeness (QED) is 0.827. The highest BCUT2D eigenvalue weighted by Gasteiger charge is 2.16. The second kappa shape index (κ2) is 5.44. The molecular formula is C11H13Cl2NS. The summed E-state index contributed by atoms with van der Waals surface area (Å²) in [6.07, 6.45) is 1.23. The van der Waals surface area contributed by atoms with Gasteiger partial charge in [-0.1, -0.05) is 29.3 Å². The lowest BCUT2D eigenvalue weighted by Gasteiger charge is -2.17. The molecule has 1 aromatic carbocycles. The molecule has 1 nitrogen and oxygen atoms in total. The van der Waals surface area contributed by atoms with Crippen LogP contribution in [0.15, 0.2) is 18.2 Å². The Hall–Kier alpha value is 0.110. The highest BCUT2D eigenvalue weighted by atomic mass is 35.5. The summed E-state index contributed by atoms with van der Waals surface area (Å²) in [5.74, 6) is 2.32. The Bertz CT molecular complexity index is 335. The molecule has 0 aliphatic carbocycles. The third-order valence-electron chi connectivity index (χ3n) is 2.48. The fourth-order valence-electron chi connectivity index (χ4n) is 1.69. The van der Waals surface area contributed by atoms with Gasteiger partial charge < -0.3 is 5.32 Å². The highest BCUT2D eigenvalue weighted by molar-refractivity contribution is 7.99. The third kappa shape index (κ3) is 3.04. The van der Waals surface area contributed by atoms with Crippen molar-refractivity contribution in [3.8, 4) is 0 Å². The van der Waals surface area contributed by atoms with Crippen molar-refractivity contribution in [1.82, 2.24) is 5.32 Å². The van der Waals surface area contributed by atoms with Crippen molar-refractivity contribution in [2.45, 2.75) is 12.5 Å². The number of benzene rings is 1. The predicted molar refractivity (Wildman–Crippen MR) is 69.1 cm³/mol. The summed E-state index contributed by atoms with van der Waals surface area (Å²) in [7, 11) is 0. The van der Waals surface area contributed by atoms with E-state index in [1.165, 1.54) is 12.2 Å². The lowest BCUT2D eigenvalue weighted by atomic mass is 10.1. The molecule has 1 fully saturated rings. The van der Waals surface area contributed by atoms with E-state index in [2.05, 4.69) is 5.32 Å². The van der Waals surface area contributed by atoms with E-state index in [0.717, 1.165) is 22.9 Å². The minimum absolute atomic E-state index is 0.363. The van der Waals surface area contributed by atoms with Crippen molar-refractivity contribution in [3.05, 3.63) is 33.8 Å². The summed E-state index contributed by atoms with van der Waals surface area (Å²) in [6, 6.07) is 6.10. The average molecular weight is 262 g/mol. The van der Waals surface area contributed by atoms with Crippen molar-refractivity contribution in [2.75, 3.05) is 18.1 Å². The first-order chi connectivity index (χ1) is 7.27. The minimum Gasteiger partial charge on any atom is -0.309 e. The zero-order chi connectivity index (χ0) is 10.7. The van der Waals surface area contributed by atoms with Crippen LogP contribution < -0.4 is 5.32 Å². The van der Waals surface area contributed by atoms with Crippen molar-refractivity contribution >= 4 is 35.0 Å². The van der Waals surface area contributed by atoms with Crippen LogP contribution in [0.3, 0.4) is 0 Å². The molecule has 0 radical (unpaired) electrons. The number of hydrogen-bond acceptors (Lipinski definition) is 2. The average Bonchev–Trinajstić information content (AvgIpc) is 2.46. The zero-order valence-corrected chi connectivity index (χ0v) is 10.6. The fraction of sp³-hybridized carbons (Fsp3) is 0.455. The maximum atomic E-state index is 6.18. The Balaban J connectivity index is 2.19. The number of rotatable bonds is 1. The first-order valence-electron chi connectivity index (χ1n) is 5.03. The molecule has 0 amide bonds. The summed E-state index contributed by atoms with van der Waals surface area (Å²) in [5, 5.41) is 4.98. The molecule has 1 saturated heterocycles. The molecular weight excluding hydrogens is 249 g/mol. The van der Waals surface area contributed by atoms with E-state index in [0.29, 0.717) is 11.1 Å². The standard InChI is InChI=1S/C11H13Cl2NS/c12-8-2-3-9(10(13)6-8)11-7-15-5-1-4-14-11/h2-3,6,11,14H,1,4-5,7H2. The van der Waals surface area contributed by atoms with Crippen molar-refractivity contribution in [2.24, 2.45) is 0 Å². The van der Waals surface area contributed by atoms with Crippen molar-refractivity contribution in [3.63, 3.8) is 0 Å². The Kier molecular flexibility index (Phi) is 4.21. The molecule has 0 saturated carbocycles. The van der Waals surface area contributed by atoms with Gasteiger partial charge in [-0.05, 0) is 36.4 Å². The van der Waals surface area contributed by atoms with E-state index in [1.54, 1.807) is 0 Å². The summed E-state index contributed by atoms with van der Waals surface area (Å²) in [4.78, 5) is 0. The van der Waals surface area contributed by atoms with Crippen LogP contribution in [0.2, 0.25) is 10.0 Å². The largest absolute Gasteiger partial charge is 0.309 e. The van der Waals surface area contributed by atoms with Gasteiger partial charge >= 0.3 is 0 Å². The third-order valence-corrected chi connectivity index (χ3v) is 4.19. The number of thioether (sulfide) groups is 1. The van der Waals surface area contributed by atoms with E-state index in [9.17, 15) is 0 Å². The minimum atomic E-state index is 0.363. The summed E-state index contributed by atoms with van der Waals surface area (Å²) < 4.78 is 0. The monoisotopic (exact) mass is 261 g/mol. The predicted octanol–water partition coefficient (Wildman–Crippen LogP) is 3.76. The van der Waals surface area contributed by atoms with E-state index >= 15 is 0 Å². The maximum Gasteiger partial charge on any atom is 0.0468 e. The van der Waals surface area contributed by atoms with Gasteiger partial charge in [0.25, 0.3) is 0 Å². The smallest absolute Gasteiger partial charge is 0.0468 e. The molecule has 1 unspecified atom stereocenters. The van der Waals surface area contributed by atoms with Crippen molar-refractivity contribution < 1.29 is 0 Å². The van der Waals surface area contributed by atoms with Crippen LogP contribution in [-0.2, 0) is 0 Å². The van der Waals surface area contributed by atoms with Gasteiger partial charge in [-0.15, -0.1) is 0 Å². The van der Waals surface area contributed by atoms with Crippen LogP contribution in [0.4, 0.5) is 0 Å². The molecule has 1 atom stereocenters. The molecule has 1 aliphatic rings. The van der Waals surface area contributed by atoms with Gasteiger partial charge in [0, 0.05) is 21.8 Å². The van der Waals surface area contributed by atoms with Gasteiger partial charge in [-0.2, -0.15) is 11.8 Å². The molecule has 1 heterocycles. The Labute approximate surface area is 105 Å². The Morgan fingerprint density at radius 2 is 2.20 bits per heavy atom. The van der Waals surface area contributed by atoms with Gasteiger partial charge in [0.05, 0.1) is 0 Å². The molecule has 1 aliphatic heterocycles. The first-order valence-corrected chi connectivity index (χ1v) is 6.94. The van der Waals surface area contributed by atoms with Crippen LogP contribution in [0.25, 0.3) is 0 Å². The fourth-order valence-corrected chi connectivity index (χ4v) is 3.28. The second-order valence-electron chi connectivity index (χ2n) is 3.60. The molecule has 4 heteroatoms. The van der Waals surface area contributed by atoms with E-state index < -0.39 is 0 Å². The Morgan fingerprint density at radius 3 is 3.00 bits per heavy atom. The van der Waals surface area contributed by atoms with Crippen LogP contribution in [0.5, 0.6) is 0 Å². The normalized spacial score (nSPS) is 22.4. The second-order valence-corrected chi connectivity index (χ2v) is 5.59. The first kappa shape index (κ1) is 11.6. The van der Waals surface area contributed by atoms with Crippen LogP contribution in [0, 0.1) is 0 Å². The van der Waals surface area contributed by atoms with E-state index in [1.807, 2.05) is 30.0 Å². The SMILES string of the molecule is Clc1ccc(C2CSCCCN2)c(Cl)c1. The number of halogens is 2. The van der Waals surface area contributed by atoms with Gasteiger partial charge in [0.2, 0.25) is 0 Å². The summed E-state index contributed by atoms with van der Waals surface area (Å²) in [5.41, 5.74) is 1.16. The number of hydrogen-bond donors (Lipinski definition) is 1. The molecule has 15 heavy (non-hydrogen) atoms. The number of nitrogens with one attached hydrogen (secondary N) is 1. The van der Waals surface area contributed by atoms with Gasteiger partial charge in [0.1, 0.15) is 0 Å². The molecule has 82 valence electrons. The molecule has 0 aromatic heterocycles. The molecule has 0 spiro atoms. The van der Waals surface area contributed by atoms with Crippen molar-refractivity contribution in [1.29, 1.82) is 0 Å². The van der Waals surface area contributed by atoms with Gasteiger partial charge in [-0.25, -0.2) is 0 Å². The summed E-state index contributed by atoms with van der Waals surface area (Å²) >= 11 is 14.0. The van der Waals surface area contributed by atoms with Crippen LogP contribution in [-0.4, -0.2) is 18.1 Å². The molecule has 2 rings (SSSR count). The van der Waals surface area contributed by atoms with Gasteiger partial charge in [-0.3, -0.25) is 0 Å². The highest BCUT2D eigenvalue weighted by Crippen LogP contribution is 2.29. The lowest BCUT2D eigenvalue weighted by molar-refractivity contribution is 0.590. The maximum absolute atomic E-state index is 6.18.